The zero-order valence-electron chi connectivity index (χ0n) is 8.89. The van der Waals surface area contributed by atoms with Gasteiger partial charge in [-0.3, -0.25) is 5.41 Å². The van der Waals surface area contributed by atoms with E-state index in [1.54, 1.807) is 0 Å². The number of rotatable bonds is 4. The molecule has 1 rings (SSSR count). The zero-order valence-corrected chi connectivity index (χ0v) is 8.89. The van der Waals surface area contributed by atoms with Gasteiger partial charge in [-0.25, -0.2) is 8.78 Å². The molecule has 1 unspecified atom stereocenters. The summed E-state index contributed by atoms with van der Waals surface area (Å²) in [6.45, 7) is -1.04. The van der Waals surface area contributed by atoms with Crippen LogP contribution >= 0.6 is 0 Å². The standard InChI is InChI=1S/C10H9F5N2O/c11-5-1-2-8(7(12)3-5)18-4-6(9(16)17)10(13,14)15/h1-3,6H,4H2,(H3,16,17). The molecule has 0 heterocycles. The predicted octanol–water partition coefficient (Wildman–Crippen LogP) is 2.46. The van der Waals surface area contributed by atoms with E-state index in [-0.39, 0.29) is 0 Å². The maximum atomic E-state index is 13.1. The highest BCUT2D eigenvalue weighted by Gasteiger charge is 2.42. The number of nitrogens with one attached hydrogen (secondary N) is 1. The van der Waals surface area contributed by atoms with Crippen LogP contribution in [0.3, 0.4) is 0 Å². The third-order valence-corrected chi connectivity index (χ3v) is 2.07. The monoisotopic (exact) mass is 268 g/mol. The molecule has 18 heavy (non-hydrogen) atoms. The van der Waals surface area contributed by atoms with Crippen LogP contribution in [-0.4, -0.2) is 18.6 Å². The van der Waals surface area contributed by atoms with Gasteiger partial charge in [0.1, 0.15) is 24.2 Å². The molecule has 0 bridgehead atoms. The van der Waals surface area contributed by atoms with Crippen molar-refractivity contribution in [1.29, 1.82) is 5.41 Å². The van der Waals surface area contributed by atoms with Crippen LogP contribution in [0, 0.1) is 23.0 Å². The summed E-state index contributed by atoms with van der Waals surface area (Å²) in [5.74, 6) is -6.00. The van der Waals surface area contributed by atoms with Gasteiger partial charge in [-0.2, -0.15) is 13.2 Å². The molecule has 1 atom stereocenters. The van der Waals surface area contributed by atoms with Crippen LogP contribution in [0.2, 0.25) is 0 Å². The Labute approximate surface area is 98.9 Å². The molecule has 0 aliphatic rings. The molecular formula is C10H9F5N2O. The Hall–Kier alpha value is -1.86. The van der Waals surface area contributed by atoms with Crippen molar-refractivity contribution in [3.8, 4) is 5.75 Å². The van der Waals surface area contributed by atoms with Crippen molar-refractivity contribution < 1.29 is 26.7 Å². The first kappa shape index (κ1) is 14.2. The number of benzene rings is 1. The number of halogens is 5. The average molecular weight is 268 g/mol. The minimum absolute atomic E-state index is 0.478. The summed E-state index contributed by atoms with van der Waals surface area (Å²) in [7, 11) is 0. The Morgan fingerprint density at radius 1 is 1.33 bits per heavy atom. The second-order valence-electron chi connectivity index (χ2n) is 3.44. The molecule has 0 amide bonds. The van der Waals surface area contributed by atoms with Gasteiger partial charge in [-0.05, 0) is 12.1 Å². The quantitative estimate of drug-likeness (QED) is 0.500. The maximum Gasteiger partial charge on any atom is 0.401 e. The van der Waals surface area contributed by atoms with Crippen molar-refractivity contribution in [2.45, 2.75) is 6.18 Å². The van der Waals surface area contributed by atoms with Crippen molar-refractivity contribution >= 4 is 5.84 Å². The van der Waals surface area contributed by atoms with Gasteiger partial charge in [-0.1, -0.05) is 0 Å². The van der Waals surface area contributed by atoms with E-state index in [0.29, 0.717) is 6.07 Å². The predicted molar refractivity (Wildman–Crippen MR) is 53.3 cm³/mol. The number of amidine groups is 1. The molecule has 3 N–H and O–H groups in total. The second-order valence-corrected chi connectivity index (χ2v) is 3.44. The Morgan fingerprint density at radius 2 is 1.94 bits per heavy atom. The highest BCUT2D eigenvalue weighted by atomic mass is 19.4. The van der Waals surface area contributed by atoms with E-state index in [4.69, 9.17) is 11.1 Å². The van der Waals surface area contributed by atoms with Crippen LogP contribution in [0.5, 0.6) is 5.75 Å². The average Bonchev–Trinajstić information content (AvgIpc) is 2.18. The Balaban J connectivity index is 2.77. The van der Waals surface area contributed by atoms with Crippen LogP contribution in [0.4, 0.5) is 22.0 Å². The number of ether oxygens (including phenoxy) is 1. The first-order valence-electron chi connectivity index (χ1n) is 4.70. The molecule has 8 heteroatoms. The van der Waals surface area contributed by atoms with Crippen molar-refractivity contribution in [2.24, 2.45) is 11.7 Å². The summed E-state index contributed by atoms with van der Waals surface area (Å²) >= 11 is 0. The van der Waals surface area contributed by atoms with Crippen molar-refractivity contribution in [1.82, 2.24) is 0 Å². The molecule has 0 spiro atoms. The first-order valence-corrected chi connectivity index (χ1v) is 4.70. The van der Waals surface area contributed by atoms with Crippen LogP contribution in [0.25, 0.3) is 0 Å². The number of nitrogens with two attached hydrogens (primary N) is 1. The molecule has 3 nitrogen and oxygen atoms in total. The Morgan fingerprint density at radius 3 is 2.39 bits per heavy atom. The summed E-state index contributed by atoms with van der Waals surface area (Å²) < 4.78 is 67.3. The molecular weight excluding hydrogens is 259 g/mol. The van der Waals surface area contributed by atoms with E-state index in [2.05, 4.69) is 4.74 Å². The number of alkyl halides is 3. The fourth-order valence-corrected chi connectivity index (χ4v) is 1.13. The van der Waals surface area contributed by atoms with E-state index < -0.39 is 41.9 Å². The summed E-state index contributed by atoms with van der Waals surface area (Å²) in [5.41, 5.74) is 4.78. The highest BCUT2D eigenvalue weighted by molar-refractivity contribution is 5.80. The Bertz CT molecular complexity index is 446. The SMILES string of the molecule is N=C(N)C(COc1ccc(F)cc1F)C(F)(F)F. The number of hydrogen-bond acceptors (Lipinski definition) is 2. The fraction of sp³-hybridized carbons (Fsp3) is 0.300. The topological polar surface area (TPSA) is 59.1 Å². The van der Waals surface area contributed by atoms with Gasteiger partial charge < -0.3 is 10.5 Å². The molecule has 1 aromatic carbocycles. The van der Waals surface area contributed by atoms with E-state index in [9.17, 15) is 22.0 Å². The summed E-state index contributed by atoms with van der Waals surface area (Å²) in [5, 5.41) is 6.78. The van der Waals surface area contributed by atoms with Gasteiger partial charge >= 0.3 is 6.18 Å². The van der Waals surface area contributed by atoms with Gasteiger partial charge in [0.15, 0.2) is 11.6 Å². The number of hydrogen-bond donors (Lipinski definition) is 2. The van der Waals surface area contributed by atoms with Gasteiger partial charge in [-0.15, -0.1) is 0 Å². The van der Waals surface area contributed by atoms with E-state index in [1.165, 1.54) is 0 Å². The van der Waals surface area contributed by atoms with Crippen molar-refractivity contribution in [2.75, 3.05) is 6.61 Å². The molecule has 0 fully saturated rings. The van der Waals surface area contributed by atoms with Crippen LogP contribution in [-0.2, 0) is 0 Å². The van der Waals surface area contributed by atoms with Crippen LogP contribution in [0.1, 0.15) is 0 Å². The van der Waals surface area contributed by atoms with Gasteiger partial charge in [0.2, 0.25) is 0 Å². The molecule has 0 saturated heterocycles. The summed E-state index contributed by atoms with van der Waals surface area (Å²) in [4.78, 5) is 0. The fourth-order valence-electron chi connectivity index (χ4n) is 1.13. The zero-order chi connectivity index (χ0) is 13.9. The Kier molecular flexibility index (Phi) is 4.10. The van der Waals surface area contributed by atoms with Crippen molar-refractivity contribution in [3.05, 3.63) is 29.8 Å². The van der Waals surface area contributed by atoms with Gasteiger partial charge in [0.25, 0.3) is 0 Å². The molecule has 0 radical (unpaired) electrons. The highest BCUT2D eigenvalue weighted by Crippen LogP contribution is 2.27. The molecule has 1 aromatic rings. The normalized spacial score (nSPS) is 13.2. The van der Waals surface area contributed by atoms with Crippen molar-refractivity contribution in [3.63, 3.8) is 0 Å². The molecule has 0 aliphatic carbocycles. The van der Waals surface area contributed by atoms with Crippen LogP contribution in [0.15, 0.2) is 18.2 Å². The summed E-state index contributed by atoms with van der Waals surface area (Å²) in [6.07, 6.45) is -4.76. The molecule has 0 aromatic heterocycles. The van der Waals surface area contributed by atoms with E-state index >= 15 is 0 Å². The molecule has 100 valence electrons. The lowest BCUT2D eigenvalue weighted by atomic mass is 10.1. The molecule has 0 aliphatic heterocycles. The lowest BCUT2D eigenvalue weighted by Gasteiger charge is -2.19. The lowest BCUT2D eigenvalue weighted by Crippen LogP contribution is -2.39. The third kappa shape index (κ3) is 3.57. The molecule has 0 saturated carbocycles. The van der Waals surface area contributed by atoms with Gasteiger partial charge in [0, 0.05) is 6.07 Å². The van der Waals surface area contributed by atoms with E-state index in [0.717, 1.165) is 12.1 Å². The largest absolute Gasteiger partial charge is 0.489 e. The first-order chi connectivity index (χ1) is 8.21. The maximum absolute atomic E-state index is 13.1. The second kappa shape index (κ2) is 5.19. The third-order valence-electron chi connectivity index (χ3n) is 2.07. The van der Waals surface area contributed by atoms with E-state index in [1.807, 2.05) is 0 Å². The van der Waals surface area contributed by atoms with Crippen LogP contribution < -0.4 is 10.5 Å². The summed E-state index contributed by atoms with van der Waals surface area (Å²) in [6, 6.07) is 2.18. The minimum atomic E-state index is -4.76. The minimum Gasteiger partial charge on any atom is -0.489 e. The lowest BCUT2D eigenvalue weighted by molar-refractivity contribution is -0.162. The smallest absolute Gasteiger partial charge is 0.401 e. The van der Waals surface area contributed by atoms with Gasteiger partial charge in [0.05, 0.1) is 0 Å².